The first-order chi connectivity index (χ1) is 7.50. The molecule has 5 heteroatoms. The van der Waals surface area contributed by atoms with Gasteiger partial charge < -0.3 is 16.0 Å². The van der Waals surface area contributed by atoms with Crippen LogP contribution >= 0.6 is 23.8 Å². The standard InChI is InChI=1S/C11H16ClN3S/c1-15(2)6-5-14-8-3-4-9(11(13)16)10(12)7-8/h3-4,7,14H,5-6H2,1-2H3,(H2,13,16). The highest BCUT2D eigenvalue weighted by Gasteiger charge is 2.03. The van der Waals surface area contributed by atoms with Crippen molar-refractivity contribution in [1.29, 1.82) is 0 Å². The third-order valence-electron chi connectivity index (χ3n) is 2.12. The van der Waals surface area contributed by atoms with Crippen LogP contribution in [0.15, 0.2) is 18.2 Å². The fourth-order valence-corrected chi connectivity index (χ4v) is 1.77. The summed E-state index contributed by atoms with van der Waals surface area (Å²) in [7, 11) is 4.06. The lowest BCUT2D eigenvalue weighted by molar-refractivity contribution is 0.425. The summed E-state index contributed by atoms with van der Waals surface area (Å²) in [6.45, 7) is 1.84. The fraction of sp³-hybridized carbons (Fsp3) is 0.364. The number of halogens is 1. The molecule has 1 aromatic carbocycles. The molecule has 0 radical (unpaired) electrons. The zero-order valence-corrected chi connectivity index (χ0v) is 11.0. The molecule has 0 heterocycles. The van der Waals surface area contributed by atoms with Crippen LogP contribution in [0.4, 0.5) is 5.69 Å². The molecule has 0 atom stereocenters. The Morgan fingerprint density at radius 3 is 2.69 bits per heavy atom. The van der Waals surface area contributed by atoms with Crippen LogP contribution in [0.5, 0.6) is 0 Å². The summed E-state index contributed by atoms with van der Waals surface area (Å²) < 4.78 is 0. The lowest BCUT2D eigenvalue weighted by atomic mass is 10.2. The van der Waals surface area contributed by atoms with Gasteiger partial charge in [0.25, 0.3) is 0 Å². The minimum absolute atomic E-state index is 0.324. The van der Waals surface area contributed by atoms with Crippen molar-refractivity contribution in [3.8, 4) is 0 Å². The Hall–Kier alpha value is -0.840. The predicted octanol–water partition coefficient (Wildman–Crippen LogP) is 1.95. The number of nitrogens with two attached hydrogens (primary N) is 1. The quantitative estimate of drug-likeness (QED) is 0.792. The number of thiocarbonyl (C=S) groups is 1. The van der Waals surface area contributed by atoms with Crippen molar-refractivity contribution in [2.75, 3.05) is 32.5 Å². The van der Waals surface area contributed by atoms with Gasteiger partial charge >= 0.3 is 0 Å². The van der Waals surface area contributed by atoms with Gasteiger partial charge in [0, 0.05) is 24.3 Å². The van der Waals surface area contributed by atoms with Crippen molar-refractivity contribution < 1.29 is 0 Å². The monoisotopic (exact) mass is 257 g/mol. The van der Waals surface area contributed by atoms with Crippen LogP contribution in [0.25, 0.3) is 0 Å². The second kappa shape index (κ2) is 6.03. The molecule has 0 spiro atoms. The molecule has 0 aliphatic heterocycles. The Morgan fingerprint density at radius 2 is 2.19 bits per heavy atom. The Kier molecular flexibility index (Phi) is 4.99. The van der Waals surface area contributed by atoms with E-state index >= 15 is 0 Å². The van der Waals surface area contributed by atoms with Crippen molar-refractivity contribution in [3.63, 3.8) is 0 Å². The molecular formula is C11H16ClN3S. The molecule has 1 rings (SSSR count). The van der Waals surface area contributed by atoms with Crippen LogP contribution in [0.3, 0.4) is 0 Å². The van der Waals surface area contributed by atoms with Gasteiger partial charge in [0.05, 0.1) is 5.02 Å². The molecule has 0 saturated heterocycles. The molecule has 88 valence electrons. The fourth-order valence-electron chi connectivity index (χ4n) is 1.25. The molecule has 0 aromatic heterocycles. The summed E-state index contributed by atoms with van der Waals surface area (Å²) in [5, 5.41) is 3.86. The summed E-state index contributed by atoms with van der Waals surface area (Å²) >= 11 is 10.9. The van der Waals surface area contributed by atoms with E-state index in [2.05, 4.69) is 10.2 Å². The van der Waals surface area contributed by atoms with E-state index in [0.717, 1.165) is 24.3 Å². The Balaban J connectivity index is 2.63. The molecule has 0 saturated carbocycles. The lowest BCUT2D eigenvalue weighted by Gasteiger charge is -2.12. The molecule has 0 fully saturated rings. The Labute approximate surface area is 107 Å². The summed E-state index contributed by atoms with van der Waals surface area (Å²) in [5.41, 5.74) is 7.22. The van der Waals surface area contributed by atoms with Crippen LogP contribution in [-0.4, -0.2) is 37.1 Å². The Morgan fingerprint density at radius 1 is 1.50 bits per heavy atom. The van der Waals surface area contributed by atoms with Crippen LogP contribution in [-0.2, 0) is 0 Å². The van der Waals surface area contributed by atoms with Crippen LogP contribution in [0.2, 0.25) is 5.02 Å². The first kappa shape index (κ1) is 13.2. The maximum atomic E-state index is 6.05. The molecule has 0 amide bonds. The van der Waals surface area contributed by atoms with Gasteiger partial charge in [0.1, 0.15) is 4.99 Å². The average Bonchev–Trinajstić information content (AvgIpc) is 2.16. The number of likely N-dealkylation sites (N-methyl/N-ethyl adjacent to an activating group) is 1. The van der Waals surface area contributed by atoms with Crippen molar-refractivity contribution in [2.24, 2.45) is 5.73 Å². The van der Waals surface area contributed by atoms with Crippen LogP contribution in [0.1, 0.15) is 5.56 Å². The molecule has 1 aromatic rings. The third kappa shape index (κ3) is 3.96. The molecule has 16 heavy (non-hydrogen) atoms. The highest BCUT2D eigenvalue weighted by molar-refractivity contribution is 7.80. The van der Waals surface area contributed by atoms with Gasteiger partial charge in [-0.05, 0) is 32.3 Å². The van der Waals surface area contributed by atoms with E-state index in [1.165, 1.54) is 0 Å². The van der Waals surface area contributed by atoms with Gasteiger partial charge in [0.15, 0.2) is 0 Å². The minimum atomic E-state index is 0.324. The Bertz CT molecular complexity index is 379. The summed E-state index contributed by atoms with van der Waals surface area (Å²) in [6, 6.07) is 5.60. The third-order valence-corrected chi connectivity index (χ3v) is 2.66. The highest BCUT2D eigenvalue weighted by atomic mass is 35.5. The molecular weight excluding hydrogens is 242 g/mol. The molecule has 3 N–H and O–H groups in total. The van der Waals surface area contributed by atoms with Gasteiger partial charge in [-0.2, -0.15) is 0 Å². The van der Waals surface area contributed by atoms with E-state index in [0.29, 0.717) is 10.0 Å². The number of anilines is 1. The number of rotatable bonds is 5. The first-order valence-corrected chi connectivity index (χ1v) is 5.77. The van der Waals surface area contributed by atoms with Crippen molar-refractivity contribution in [3.05, 3.63) is 28.8 Å². The zero-order valence-electron chi connectivity index (χ0n) is 9.46. The normalized spacial score (nSPS) is 10.5. The minimum Gasteiger partial charge on any atom is -0.389 e. The van der Waals surface area contributed by atoms with Gasteiger partial charge in [-0.3, -0.25) is 0 Å². The number of nitrogens with zero attached hydrogens (tertiary/aromatic N) is 1. The first-order valence-electron chi connectivity index (χ1n) is 4.98. The van der Waals surface area contributed by atoms with E-state index in [9.17, 15) is 0 Å². The largest absolute Gasteiger partial charge is 0.389 e. The second-order valence-electron chi connectivity index (χ2n) is 3.79. The number of hydrogen-bond donors (Lipinski definition) is 2. The number of benzene rings is 1. The van der Waals surface area contributed by atoms with Gasteiger partial charge in [0.2, 0.25) is 0 Å². The highest BCUT2D eigenvalue weighted by Crippen LogP contribution is 2.20. The van der Waals surface area contributed by atoms with Crippen molar-refractivity contribution >= 4 is 34.5 Å². The maximum absolute atomic E-state index is 6.05. The second-order valence-corrected chi connectivity index (χ2v) is 4.64. The summed E-state index contributed by atoms with van der Waals surface area (Å²) in [4.78, 5) is 2.43. The van der Waals surface area contributed by atoms with E-state index in [1.54, 1.807) is 0 Å². The zero-order chi connectivity index (χ0) is 12.1. The van der Waals surface area contributed by atoms with Gasteiger partial charge in [-0.15, -0.1) is 0 Å². The van der Waals surface area contributed by atoms with E-state index < -0.39 is 0 Å². The average molecular weight is 258 g/mol. The van der Waals surface area contributed by atoms with Gasteiger partial charge in [-0.25, -0.2) is 0 Å². The predicted molar refractivity (Wildman–Crippen MR) is 74.4 cm³/mol. The summed E-state index contributed by atoms with van der Waals surface area (Å²) in [6.07, 6.45) is 0. The number of nitrogens with one attached hydrogen (secondary N) is 1. The SMILES string of the molecule is CN(C)CCNc1ccc(C(N)=S)c(Cl)c1. The van der Waals surface area contributed by atoms with Crippen molar-refractivity contribution in [1.82, 2.24) is 4.90 Å². The topological polar surface area (TPSA) is 41.3 Å². The van der Waals surface area contributed by atoms with Crippen LogP contribution < -0.4 is 11.1 Å². The van der Waals surface area contributed by atoms with Crippen LogP contribution in [0, 0.1) is 0 Å². The molecule has 3 nitrogen and oxygen atoms in total. The maximum Gasteiger partial charge on any atom is 0.105 e. The van der Waals surface area contributed by atoms with E-state index in [4.69, 9.17) is 29.6 Å². The molecule has 0 unspecified atom stereocenters. The molecule has 0 aliphatic rings. The lowest BCUT2D eigenvalue weighted by Crippen LogP contribution is -2.20. The molecule has 0 bridgehead atoms. The summed E-state index contributed by atoms with van der Waals surface area (Å²) in [5.74, 6) is 0. The van der Waals surface area contributed by atoms with E-state index in [-0.39, 0.29) is 0 Å². The smallest absolute Gasteiger partial charge is 0.105 e. The number of hydrogen-bond acceptors (Lipinski definition) is 3. The van der Waals surface area contributed by atoms with Crippen molar-refractivity contribution in [2.45, 2.75) is 0 Å². The van der Waals surface area contributed by atoms with Gasteiger partial charge in [-0.1, -0.05) is 23.8 Å². The molecule has 0 aliphatic carbocycles. The van der Waals surface area contributed by atoms with E-state index in [1.807, 2.05) is 32.3 Å².